The summed E-state index contributed by atoms with van der Waals surface area (Å²) in [4.78, 5) is 121. The molecule has 0 unspecified atom stereocenters. The third-order valence-corrected chi connectivity index (χ3v) is 17.1. The van der Waals surface area contributed by atoms with Crippen molar-refractivity contribution in [3.63, 3.8) is 0 Å². The predicted octanol–water partition coefficient (Wildman–Crippen LogP) is 11.8. The summed E-state index contributed by atoms with van der Waals surface area (Å²) in [5.74, 6) is -2.66. The molecule has 0 radical (unpaired) electrons. The summed E-state index contributed by atoms with van der Waals surface area (Å²) < 4.78 is 8.80. The van der Waals surface area contributed by atoms with Crippen LogP contribution >= 0.6 is 104 Å². The molecular weight excluding hydrogens is 1600 g/mol. The zero-order chi connectivity index (χ0) is 68.4. The third-order valence-electron chi connectivity index (χ3n) is 13.4. The Labute approximate surface area is 591 Å². The lowest BCUT2D eigenvalue weighted by Crippen LogP contribution is -2.31. The topological polar surface area (TPSA) is 260 Å². The first-order chi connectivity index (χ1) is 43.8. The van der Waals surface area contributed by atoms with Crippen LogP contribution in [0, 0.1) is 0 Å². The van der Waals surface area contributed by atoms with Crippen molar-refractivity contribution in [1.29, 1.82) is 0 Å². The molecule has 25 heteroatoms. The molecule has 0 spiro atoms. The third kappa shape index (κ3) is 37.1. The van der Waals surface area contributed by atoms with E-state index < -0.39 is 13.8 Å². The molecule has 5 aromatic carbocycles. The van der Waals surface area contributed by atoms with Crippen molar-refractivity contribution in [3.05, 3.63) is 150 Å². The van der Waals surface area contributed by atoms with Crippen molar-refractivity contribution in [2.75, 3.05) is 51.2 Å². The number of ketones is 4. The molecular formula is C67H81Br6N4O14P. The Bertz CT molecular complexity index is 2840. The second-order valence-corrected chi connectivity index (χ2v) is 35.0. The number of nitrogens with one attached hydrogen (secondary N) is 2. The van der Waals surface area contributed by atoms with Gasteiger partial charge in [0.2, 0.25) is 23.6 Å². The quantitative estimate of drug-likeness (QED) is 0.0127. The second kappa shape index (κ2) is 47.7. The first-order valence-electron chi connectivity index (χ1n) is 29.4. The van der Waals surface area contributed by atoms with Gasteiger partial charge in [-0.05, 0) is 160 Å². The molecule has 4 amide bonds. The van der Waals surface area contributed by atoms with Crippen molar-refractivity contribution in [2.45, 2.75) is 128 Å². The highest BCUT2D eigenvalue weighted by molar-refractivity contribution is 9.52. The van der Waals surface area contributed by atoms with E-state index in [1.165, 1.54) is 39.9 Å². The molecule has 92 heavy (non-hydrogen) atoms. The number of Topliss-reactive ketones (excluding diaryl/α,β-unsaturated/α-hetero) is 4. The van der Waals surface area contributed by atoms with Crippen molar-refractivity contribution < 1.29 is 67.6 Å². The molecule has 0 aliphatic carbocycles. The number of anilines is 2. The Morgan fingerprint density at radius 1 is 0.424 bits per heavy atom. The number of amides is 4. The van der Waals surface area contributed by atoms with E-state index in [1.54, 1.807) is 32.3 Å². The van der Waals surface area contributed by atoms with Crippen molar-refractivity contribution >= 4 is 189 Å². The fourth-order valence-electron chi connectivity index (χ4n) is 8.40. The van der Waals surface area contributed by atoms with Crippen LogP contribution in [0.25, 0.3) is 0 Å². The number of carbonyl (C=O) groups excluding carboxylic acids is 10. The molecule has 0 saturated heterocycles. The Kier molecular flexibility index (Phi) is 43.0. The Morgan fingerprint density at radius 3 is 1.02 bits per heavy atom. The van der Waals surface area contributed by atoms with Gasteiger partial charge in [-0.3, -0.25) is 47.9 Å². The van der Waals surface area contributed by atoms with E-state index in [4.69, 9.17) is 0 Å². The van der Waals surface area contributed by atoms with Crippen LogP contribution in [0.5, 0.6) is 0 Å². The van der Waals surface area contributed by atoms with Gasteiger partial charge in [0.25, 0.3) is 0 Å². The molecule has 18 nitrogen and oxygen atoms in total. The first-order valence-corrected chi connectivity index (χ1v) is 36.2. The number of ether oxygens (including phenoxy) is 2. The Morgan fingerprint density at radius 2 is 0.717 bits per heavy atom. The highest BCUT2D eigenvalue weighted by Crippen LogP contribution is 2.39. The number of unbranched alkanes of at least 4 members (excludes halogenated alkanes) is 2. The predicted molar refractivity (Wildman–Crippen MR) is 384 cm³/mol. The smallest absolute Gasteiger partial charge is 0.305 e. The molecule has 0 atom stereocenters. The van der Waals surface area contributed by atoms with Crippen LogP contribution in [0.2, 0.25) is 0 Å². The number of rotatable bonds is 35. The fourth-order valence-corrected chi connectivity index (χ4v) is 11.3. The lowest BCUT2D eigenvalue weighted by atomic mass is 10.1. The average molecular weight is 1680 g/mol. The molecule has 0 fully saturated rings. The normalized spacial score (nSPS) is 10.6. The summed E-state index contributed by atoms with van der Waals surface area (Å²) in [7, 11) is 5.39. The summed E-state index contributed by atoms with van der Waals surface area (Å²) in [6.07, 6.45) is 3.38. The molecule has 0 saturated carbocycles. The van der Waals surface area contributed by atoms with E-state index in [-0.39, 0.29) is 151 Å². The fraction of sp³-hybridized carbons (Fsp3) is 0.403. The number of hydrogen-bond acceptors (Lipinski definition) is 14. The number of alkyl halides is 6. The molecule has 0 aliphatic heterocycles. The van der Waals surface area contributed by atoms with Crippen molar-refractivity contribution in [3.8, 4) is 0 Å². The van der Waals surface area contributed by atoms with E-state index in [1.807, 2.05) is 18.2 Å². The maximum Gasteiger partial charge on any atom is 0.305 e. The molecule has 0 aliphatic rings. The minimum atomic E-state index is -0.446. The van der Waals surface area contributed by atoms with Gasteiger partial charge in [-0.25, -0.2) is 0 Å². The molecule has 4 N–H and O–H groups in total. The van der Waals surface area contributed by atoms with E-state index in [9.17, 15) is 58.2 Å². The number of benzene rings is 5. The monoisotopic (exact) mass is 1670 g/mol. The van der Waals surface area contributed by atoms with Crippen molar-refractivity contribution in [2.24, 2.45) is 0 Å². The lowest BCUT2D eigenvalue weighted by Gasteiger charge is -2.19. The van der Waals surface area contributed by atoms with Gasteiger partial charge < -0.3 is 40.1 Å². The van der Waals surface area contributed by atoms with E-state index in [0.29, 0.717) is 59.6 Å². The number of aliphatic hydroxyl groups is 2. The number of carbonyl (C=O) groups is 10. The highest BCUT2D eigenvalue weighted by atomic mass is 80.0. The van der Waals surface area contributed by atoms with Crippen LogP contribution in [0.15, 0.2) is 127 Å². The van der Waals surface area contributed by atoms with E-state index >= 15 is 0 Å². The van der Waals surface area contributed by atoms with Gasteiger partial charge in [0.15, 0.2) is 12.6 Å². The van der Waals surface area contributed by atoms with Gasteiger partial charge >= 0.3 is 11.9 Å². The van der Waals surface area contributed by atoms with Crippen LogP contribution in [0.4, 0.5) is 11.4 Å². The maximum atomic E-state index is 12.5. The maximum absolute atomic E-state index is 12.5. The van der Waals surface area contributed by atoms with E-state index in [0.717, 1.165) is 16.8 Å². The number of methoxy groups -OCH3 is 2. The largest absolute Gasteiger partial charge is 0.469 e. The summed E-state index contributed by atoms with van der Waals surface area (Å²) >= 11 is 19.4. The van der Waals surface area contributed by atoms with Crippen molar-refractivity contribution in [1.82, 2.24) is 10.6 Å². The highest BCUT2D eigenvalue weighted by Gasteiger charge is 2.19. The molecule has 0 aromatic heterocycles. The summed E-state index contributed by atoms with van der Waals surface area (Å²) in [5, 5.41) is 29.2. The lowest BCUT2D eigenvalue weighted by molar-refractivity contribution is -0.141. The molecule has 0 heterocycles. The zero-order valence-corrected chi connectivity index (χ0v) is 62.5. The number of halogens is 6. The minimum Gasteiger partial charge on any atom is -0.469 e. The van der Waals surface area contributed by atoms with Crippen LogP contribution < -0.4 is 36.3 Å². The molecule has 500 valence electrons. The Hall–Kier alpha value is -5.17. The first kappa shape index (κ1) is 82.9. The Balaban J connectivity index is 0.000000467. The standard InChI is InChI=1S/C24H32Br2N2O6.C24H34N2O8.C18H15P.CBr4/c1-28(19-12-17(14-25)11-18(13-19)15-26)23(32)10-8-21(30)16-27-22(31)9-7-20(29)5-3-4-6-24(33)34-2;1-26(19-12-17(15-27)11-18(13-19)16-28)23(32)10-8-21(30)14-25-22(31)9-7-20(29)5-3-4-6-24(33)34-2;1-4-10-16(11-5-1)19(17-12-6-2-7-13-17)18-14-8-3-9-15-18;2-1(3,4)5/h11-13H,3-10,14-16H2,1-2H3,(H,27,31);11-13,27-28H,3-10,14-16H2,1-2H3,(H,25,31);1-15H;. The SMILES string of the molecule is BrC(Br)(Br)Br.COC(=O)CCCCC(=O)CCC(=O)NCC(=O)CCC(=O)N(C)c1cc(CBr)cc(CBr)c1.COC(=O)CCCCC(=O)CCC(=O)NCC(=O)CCC(=O)N(C)c1cc(CO)cc(CO)c1.c1ccc(P(c2ccccc2)c2ccccc2)cc1. The number of nitrogens with zero attached hydrogens (tertiary/aromatic N) is 2. The summed E-state index contributed by atoms with van der Waals surface area (Å²) in [6.45, 7) is -0.863. The van der Waals surface area contributed by atoms with Gasteiger partial charge in [-0.2, -0.15) is 0 Å². The van der Waals surface area contributed by atoms with Crippen LogP contribution in [-0.2, 0) is 81.3 Å². The summed E-state index contributed by atoms with van der Waals surface area (Å²) in [5.41, 5.74) is 4.46. The van der Waals surface area contributed by atoms with Crippen LogP contribution in [0.3, 0.4) is 0 Å². The number of aliphatic hydroxyl groups excluding tert-OH is 2. The summed E-state index contributed by atoms with van der Waals surface area (Å²) in [6, 6.07) is 43.1. The van der Waals surface area contributed by atoms with Gasteiger partial charge in [-0.1, -0.05) is 135 Å². The van der Waals surface area contributed by atoms with Gasteiger partial charge in [0, 0.05) is 113 Å². The zero-order valence-electron chi connectivity index (χ0n) is 52.1. The van der Waals surface area contributed by atoms with Gasteiger partial charge in [0.05, 0.1) is 40.5 Å². The van der Waals surface area contributed by atoms with Gasteiger partial charge in [-0.15, -0.1) is 0 Å². The minimum absolute atomic E-state index is 0.00456. The van der Waals surface area contributed by atoms with Crippen LogP contribution in [0.1, 0.15) is 125 Å². The molecule has 5 aromatic rings. The van der Waals surface area contributed by atoms with Gasteiger partial charge in [0.1, 0.15) is 11.6 Å². The second-order valence-electron chi connectivity index (χ2n) is 20.5. The molecule has 5 rings (SSSR count). The van der Waals surface area contributed by atoms with Crippen LogP contribution in [-0.4, -0.2) is 111 Å². The van der Waals surface area contributed by atoms with E-state index in [2.05, 4.69) is 207 Å². The average Bonchev–Trinajstić information content (AvgIpc) is 0.871. The number of hydrogen-bond donors (Lipinski definition) is 4. The number of esters is 2. The molecule has 0 bridgehead atoms.